The van der Waals surface area contributed by atoms with Crippen LogP contribution >= 0.6 is 0 Å². The fourth-order valence-electron chi connectivity index (χ4n) is 4.79. The maximum absolute atomic E-state index is 13.6. The molecule has 2 rings (SSSR count). The SMILES string of the molecule is CC(C)CC(C(=O)N1CC[C@@H](CC(N)=O)C[C@@H]1C)N1CCN[C@@H](CC(C)C)C1=O. The van der Waals surface area contributed by atoms with Crippen molar-refractivity contribution in [2.45, 2.75) is 84.8 Å². The molecule has 7 nitrogen and oxygen atoms in total. The molecule has 2 fully saturated rings. The highest BCUT2D eigenvalue weighted by Crippen LogP contribution is 2.28. The lowest BCUT2D eigenvalue weighted by atomic mass is 9.87. The predicted octanol–water partition coefficient (Wildman–Crippen LogP) is 1.75. The normalized spacial score (nSPS) is 26.9. The van der Waals surface area contributed by atoms with Crippen molar-refractivity contribution in [3.63, 3.8) is 0 Å². The topological polar surface area (TPSA) is 95.7 Å². The van der Waals surface area contributed by atoms with Crippen LogP contribution in [-0.4, -0.2) is 65.3 Å². The summed E-state index contributed by atoms with van der Waals surface area (Å²) in [4.78, 5) is 41.7. The third-order valence-electron chi connectivity index (χ3n) is 6.15. The molecule has 2 heterocycles. The molecule has 0 radical (unpaired) electrons. The van der Waals surface area contributed by atoms with Crippen LogP contribution in [0.25, 0.3) is 0 Å². The molecule has 4 atom stereocenters. The summed E-state index contributed by atoms with van der Waals surface area (Å²) in [7, 11) is 0. The van der Waals surface area contributed by atoms with Gasteiger partial charge in [-0.1, -0.05) is 27.7 Å². The number of likely N-dealkylation sites (tertiary alicyclic amines) is 1. The number of nitrogens with one attached hydrogen (secondary N) is 1. The highest BCUT2D eigenvalue weighted by atomic mass is 16.2. The molecule has 2 aliphatic heterocycles. The van der Waals surface area contributed by atoms with E-state index in [9.17, 15) is 14.4 Å². The second-order valence-corrected chi connectivity index (χ2v) is 9.75. The molecule has 0 saturated carbocycles. The number of amides is 3. The Morgan fingerprint density at radius 2 is 1.86 bits per heavy atom. The van der Waals surface area contributed by atoms with Gasteiger partial charge in [0.25, 0.3) is 0 Å². The van der Waals surface area contributed by atoms with Gasteiger partial charge in [-0.3, -0.25) is 14.4 Å². The first-order valence-corrected chi connectivity index (χ1v) is 11.2. The molecule has 0 aromatic carbocycles. The van der Waals surface area contributed by atoms with Crippen LogP contribution in [0.3, 0.4) is 0 Å². The Labute approximate surface area is 175 Å². The molecule has 0 spiro atoms. The number of carbonyl (C=O) groups is 3. The summed E-state index contributed by atoms with van der Waals surface area (Å²) in [5, 5.41) is 3.33. The van der Waals surface area contributed by atoms with E-state index in [1.165, 1.54) is 0 Å². The first-order valence-electron chi connectivity index (χ1n) is 11.2. The molecule has 0 aliphatic carbocycles. The molecule has 0 bridgehead atoms. The Morgan fingerprint density at radius 1 is 1.17 bits per heavy atom. The third-order valence-corrected chi connectivity index (χ3v) is 6.15. The van der Waals surface area contributed by atoms with Crippen LogP contribution in [0, 0.1) is 17.8 Å². The zero-order valence-electron chi connectivity index (χ0n) is 18.8. The van der Waals surface area contributed by atoms with E-state index in [0.29, 0.717) is 37.8 Å². The van der Waals surface area contributed by atoms with Gasteiger partial charge in [0.15, 0.2) is 0 Å². The lowest BCUT2D eigenvalue weighted by Crippen LogP contribution is -2.62. The van der Waals surface area contributed by atoms with Gasteiger partial charge in [0.1, 0.15) is 6.04 Å². The van der Waals surface area contributed by atoms with Gasteiger partial charge in [0.2, 0.25) is 17.7 Å². The van der Waals surface area contributed by atoms with Gasteiger partial charge >= 0.3 is 0 Å². The standard InChI is InChI=1S/C22H40N4O3/c1-14(2)10-18-21(28)26(9-7-24-18)19(11-15(3)4)22(29)25-8-6-17(12-16(25)5)13-20(23)27/h14-19,24H,6-13H2,1-5H3,(H2,23,27)/t16-,17+,18-,19?/m0/s1. The average Bonchev–Trinajstić information content (AvgIpc) is 2.60. The van der Waals surface area contributed by atoms with E-state index >= 15 is 0 Å². The summed E-state index contributed by atoms with van der Waals surface area (Å²) < 4.78 is 0. The first kappa shape index (κ1) is 23.6. The van der Waals surface area contributed by atoms with Crippen molar-refractivity contribution in [2.75, 3.05) is 19.6 Å². The van der Waals surface area contributed by atoms with Crippen LogP contribution in [0.15, 0.2) is 0 Å². The highest BCUT2D eigenvalue weighted by molar-refractivity contribution is 5.90. The van der Waals surface area contributed by atoms with Crippen molar-refractivity contribution in [3.8, 4) is 0 Å². The summed E-state index contributed by atoms with van der Waals surface area (Å²) in [6, 6.07) is -0.556. The summed E-state index contributed by atoms with van der Waals surface area (Å²) in [5.41, 5.74) is 5.36. The van der Waals surface area contributed by atoms with Crippen LogP contribution in [0.1, 0.15) is 66.7 Å². The summed E-state index contributed by atoms with van der Waals surface area (Å²) in [5.74, 6) is 0.814. The highest BCUT2D eigenvalue weighted by Gasteiger charge is 2.40. The van der Waals surface area contributed by atoms with Crippen LogP contribution in [0.2, 0.25) is 0 Å². The van der Waals surface area contributed by atoms with Gasteiger partial charge in [0, 0.05) is 32.1 Å². The number of hydrogen-bond donors (Lipinski definition) is 2. The third kappa shape index (κ3) is 6.43. The van der Waals surface area contributed by atoms with Crippen molar-refractivity contribution in [3.05, 3.63) is 0 Å². The fraction of sp³-hybridized carbons (Fsp3) is 0.864. The Morgan fingerprint density at radius 3 is 2.41 bits per heavy atom. The van der Waals surface area contributed by atoms with E-state index < -0.39 is 6.04 Å². The number of piperazine rings is 1. The van der Waals surface area contributed by atoms with Gasteiger partial charge in [-0.2, -0.15) is 0 Å². The van der Waals surface area contributed by atoms with Crippen molar-refractivity contribution in [1.82, 2.24) is 15.1 Å². The molecular formula is C22H40N4O3. The van der Waals surface area contributed by atoms with Crippen LogP contribution < -0.4 is 11.1 Å². The van der Waals surface area contributed by atoms with E-state index in [0.717, 1.165) is 25.8 Å². The molecule has 7 heteroatoms. The largest absolute Gasteiger partial charge is 0.370 e. The molecule has 2 aliphatic rings. The molecule has 3 N–H and O–H groups in total. The molecular weight excluding hydrogens is 368 g/mol. The molecule has 29 heavy (non-hydrogen) atoms. The Bertz CT molecular complexity index is 593. The molecule has 1 unspecified atom stereocenters. The van der Waals surface area contributed by atoms with Crippen molar-refractivity contribution in [1.29, 1.82) is 0 Å². The molecule has 3 amide bonds. The lowest BCUT2D eigenvalue weighted by molar-refractivity contribution is -0.152. The zero-order chi connectivity index (χ0) is 21.7. The monoisotopic (exact) mass is 408 g/mol. The molecule has 166 valence electrons. The van der Waals surface area contributed by atoms with E-state index in [1.807, 2.05) is 16.7 Å². The lowest BCUT2D eigenvalue weighted by Gasteiger charge is -2.44. The van der Waals surface area contributed by atoms with E-state index in [2.05, 4.69) is 33.0 Å². The number of rotatable bonds is 8. The molecule has 2 saturated heterocycles. The Hall–Kier alpha value is -1.63. The van der Waals surface area contributed by atoms with E-state index in [1.54, 1.807) is 0 Å². The van der Waals surface area contributed by atoms with Gasteiger partial charge in [-0.25, -0.2) is 0 Å². The average molecular weight is 409 g/mol. The molecule has 0 aromatic heterocycles. The summed E-state index contributed by atoms with van der Waals surface area (Å²) in [6.07, 6.45) is 3.42. The van der Waals surface area contributed by atoms with Crippen molar-refractivity contribution in [2.24, 2.45) is 23.5 Å². The van der Waals surface area contributed by atoms with E-state index in [4.69, 9.17) is 5.73 Å². The second kappa shape index (κ2) is 10.4. The number of piperidine rings is 1. The quantitative estimate of drug-likeness (QED) is 0.640. The van der Waals surface area contributed by atoms with Gasteiger partial charge in [-0.05, 0) is 50.4 Å². The number of nitrogens with two attached hydrogens (primary N) is 1. The minimum absolute atomic E-state index is 0.0553. The van der Waals surface area contributed by atoms with Gasteiger partial charge in [0.05, 0.1) is 6.04 Å². The molecule has 0 aromatic rings. The van der Waals surface area contributed by atoms with Crippen molar-refractivity contribution < 1.29 is 14.4 Å². The number of primary amides is 1. The Kier molecular flexibility index (Phi) is 8.49. The Balaban J connectivity index is 2.14. The van der Waals surface area contributed by atoms with Crippen LogP contribution in [0.5, 0.6) is 0 Å². The van der Waals surface area contributed by atoms with Crippen molar-refractivity contribution >= 4 is 17.7 Å². The second-order valence-electron chi connectivity index (χ2n) is 9.75. The van der Waals surface area contributed by atoms with Gasteiger partial charge < -0.3 is 20.9 Å². The maximum atomic E-state index is 13.6. The fourth-order valence-corrected chi connectivity index (χ4v) is 4.79. The summed E-state index contributed by atoms with van der Waals surface area (Å²) in [6.45, 7) is 12.4. The zero-order valence-corrected chi connectivity index (χ0v) is 18.8. The van der Waals surface area contributed by atoms with Crippen LogP contribution in [-0.2, 0) is 14.4 Å². The predicted molar refractivity (Wildman–Crippen MR) is 114 cm³/mol. The first-order chi connectivity index (χ1) is 13.6. The smallest absolute Gasteiger partial charge is 0.245 e. The maximum Gasteiger partial charge on any atom is 0.245 e. The summed E-state index contributed by atoms with van der Waals surface area (Å²) >= 11 is 0. The number of hydrogen-bond acceptors (Lipinski definition) is 4. The van der Waals surface area contributed by atoms with Crippen LogP contribution in [0.4, 0.5) is 0 Å². The minimum Gasteiger partial charge on any atom is -0.370 e. The van der Waals surface area contributed by atoms with E-state index in [-0.39, 0.29) is 35.7 Å². The number of carbonyl (C=O) groups excluding carboxylic acids is 3. The van der Waals surface area contributed by atoms with Gasteiger partial charge in [-0.15, -0.1) is 0 Å². The number of nitrogens with zero attached hydrogens (tertiary/aromatic N) is 2. The minimum atomic E-state index is -0.408.